The van der Waals surface area contributed by atoms with Crippen molar-refractivity contribution in [3.8, 4) is 0 Å². The van der Waals surface area contributed by atoms with Crippen LogP contribution in [0.25, 0.3) is 0 Å². The zero-order valence-electron chi connectivity index (χ0n) is 47.7. The molecule has 8 aliphatic rings. The summed E-state index contributed by atoms with van der Waals surface area (Å²) in [6.07, 6.45) is -24.0. The van der Waals surface area contributed by atoms with Crippen LogP contribution in [0.2, 0.25) is 0 Å². The van der Waals surface area contributed by atoms with Crippen LogP contribution in [0.15, 0.2) is 34.9 Å². The van der Waals surface area contributed by atoms with Gasteiger partial charge in [0.2, 0.25) is 0 Å². The second-order valence-corrected chi connectivity index (χ2v) is 26.0. The van der Waals surface area contributed by atoms with Gasteiger partial charge < -0.3 is 99.2 Å². The molecule has 12 N–H and O–H groups in total. The summed E-state index contributed by atoms with van der Waals surface area (Å²) in [5.41, 5.74) is -4.40. The average molecular weight is 1140 g/mol. The SMILES string of the molecule is CC=C(C)C(=O)O[C@H]1[C@H](OC(=O)C(C)=CC)C2(CO)C(CC1(C)C)C1=CCC3[C@@]4(C)CC[C@H](OC5OC(C(=O)O)C(O)C(OC6OC(CO)C(O)C6O)C5OC5OC(CO)C(O)C(O)C5O)C(C)(C)C4CC[C@@]3(C)[C@]1(C)[C@@H](O)[C@H]2O. The zero-order chi connectivity index (χ0) is 59.3. The van der Waals surface area contributed by atoms with Gasteiger partial charge in [0.25, 0.3) is 0 Å². The minimum atomic E-state index is -2.13. The Balaban J connectivity index is 1.14. The van der Waals surface area contributed by atoms with Crippen molar-refractivity contribution in [3.05, 3.63) is 34.9 Å². The molecule has 3 heterocycles. The summed E-state index contributed by atoms with van der Waals surface area (Å²) in [6, 6.07) is 0. The van der Waals surface area contributed by atoms with Crippen LogP contribution < -0.4 is 0 Å². The van der Waals surface area contributed by atoms with Crippen LogP contribution >= 0.6 is 0 Å². The van der Waals surface area contributed by atoms with Gasteiger partial charge in [0, 0.05) is 22.0 Å². The van der Waals surface area contributed by atoms with E-state index in [0.29, 0.717) is 37.7 Å². The van der Waals surface area contributed by atoms with Gasteiger partial charge >= 0.3 is 17.9 Å². The summed E-state index contributed by atoms with van der Waals surface area (Å²) in [7, 11) is 0. The highest BCUT2D eigenvalue weighted by Crippen LogP contribution is 2.76. The van der Waals surface area contributed by atoms with Crippen molar-refractivity contribution in [3.63, 3.8) is 0 Å². The van der Waals surface area contributed by atoms with Gasteiger partial charge in [-0.15, -0.1) is 0 Å². The summed E-state index contributed by atoms with van der Waals surface area (Å²) in [4.78, 5) is 40.3. The number of carboxylic acid groups (broad SMARTS) is 1. The van der Waals surface area contributed by atoms with Crippen LogP contribution in [0.1, 0.15) is 115 Å². The van der Waals surface area contributed by atoms with Crippen molar-refractivity contribution in [2.24, 2.45) is 50.2 Å². The van der Waals surface area contributed by atoms with E-state index in [1.54, 1.807) is 39.8 Å². The normalized spacial score (nSPS) is 49.0. The molecule has 18 unspecified atom stereocenters. The molecule has 26 atom stereocenters. The highest BCUT2D eigenvalue weighted by molar-refractivity contribution is 5.89. The average Bonchev–Trinajstić information content (AvgIpc) is 3.72. The molecule has 5 aliphatic carbocycles. The van der Waals surface area contributed by atoms with Gasteiger partial charge in [0.15, 0.2) is 31.1 Å². The zero-order valence-corrected chi connectivity index (χ0v) is 47.7. The van der Waals surface area contributed by atoms with Gasteiger partial charge in [0.1, 0.15) is 67.1 Å². The molecular formula is C57H88O23. The van der Waals surface area contributed by atoms with E-state index in [-0.39, 0.29) is 23.8 Å². The van der Waals surface area contributed by atoms with Crippen LogP contribution in [-0.4, -0.2) is 216 Å². The molecule has 0 aromatic rings. The van der Waals surface area contributed by atoms with E-state index in [0.717, 1.165) is 5.57 Å². The number of hydrogen-bond acceptors (Lipinski definition) is 22. The minimum absolute atomic E-state index is 0.153. The van der Waals surface area contributed by atoms with Crippen LogP contribution in [0.4, 0.5) is 0 Å². The Labute approximate surface area is 466 Å². The van der Waals surface area contributed by atoms with Crippen LogP contribution in [-0.2, 0) is 52.3 Å². The molecular weight excluding hydrogens is 1050 g/mol. The predicted molar refractivity (Wildman–Crippen MR) is 277 cm³/mol. The standard InChI is InChI=1S/C57H88O23/c1-12-24(3)47(71)79-44-45(80-48(72)25(4)13-2)57(23-60)27(20-52(44,5)6)26-14-15-31-54(9)18-17-32(53(7,8)30(54)16-19-55(31,10)56(26,11)42(67)43(57)68)75-51-41(78-50-37(65)35(63)33(61)28(21-58)73-50)39(38(66)40(77-51)46(69)70)76-49-36(64)34(62)29(22-59)74-49/h12-14,27-45,49-51,58-68H,15-23H2,1-11H3,(H,69,70)/t27?,28?,29?,30?,31?,32-,33?,34?,35?,36?,37?,38?,39?,40?,41?,42-,43+,44-,45-,49?,50?,51?,54-,55+,56-,57?/m0/s1. The van der Waals surface area contributed by atoms with Gasteiger partial charge in [-0.2, -0.15) is 0 Å². The van der Waals surface area contributed by atoms with E-state index >= 15 is 0 Å². The molecule has 454 valence electrons. The fraction of sp³-hybridized carbons (Fsp3) is 0.842. The Morgan fingerprint density at radius 3 is 1.71 bits per heavy atom. The van der Waals surface area contributed by atoms with E-state index in [2.05, 4.69) is 19.9 Å². The Morgan fingerprint density at radius 2 is 1.18 bits per heavy atom. The number of fused-ring (bicyclic) bond motifs is 7. The van der Waals surface area contributed by atoms with E-state index in [1.807, 2.05) is 34.6 Å². The Bertz CT molecular complexity index is 2390. The maximum Gasteiger partial charge on any atom is 0.335 e. The van der Waals surface area contributed by atoms with Gasteiger partial charge in [-0.25, -0.2) is 14.4 Å². The van der Waals surface area contributed by atoms with Crippen LogP contribution in [0, 0.1) is 50.2 Å². The third kappa shape index (κ3) is 9.76. The highest BCUT2D eigenvalue weighted by atomic mass is 16.8. The first-order chi connectivity index (χ1) is 37.3. The number of aliphatic carboxylic acids is 1. The number of hydrogen-bond donors (Lipinski definition) is 12. The largest absolute Gasteiger partial charge is 0.479 e. The molecule has 23 nitrogen and oxygen atoms in total. The molecule has 3 aliphatic heterocycles. The van der Waals surface area contributed by atoms with E-state index in [9.17, 15) is 75.7 Å². The lowest BCUT2D eigenvalue weighted by Crippen LogP contribution is -2.76. The molecule has 0 radical (unpaired) electrons. The predicted octanol–water partition coefficient (Wildman–Crippen LogP) is 0.263. The molecule has 23 heteroatoms. The van der Waals surface area contributed by atoms with Crippen LogP contribution in [0.5, 0.6) is 0 Å². The topological polar surface area (TPSA) is 368 Å². The third-order valence-electron chi connectivity index (χ3n) is 21.4. The number of carboxylic acids is 1. The van der Waals surface area contributed by atoms with E-state index in [1.165, 1.54) is 0 Å². The van der Waals surface area contributed by atoms with Gasteiger partial charge in [-0.1, -0.05) is 72.3 Å². The summed E-state index contributed by atoms with van der Waals surface area (Å²) in [6.45, 7) is 18.4. The molecule has 0 aromatic heterocycles. The number of aliphatic hydroxyl groups excluding tert-OH is 11. The smallest absolute Gasteiger partial charge is 0.335 e. The number of rotatable bonds is 14. The fourth-order valence-corrected chi connectivity index (χ4v) is 16.2. The molecule has 0 aromatic carbocycles. The second kappa shape index (κ2) is 22.7. The molecule has 4 saturated carbocycles. The first-order valence-corrected chi connectivity index (χ1v) is 28.1. The number of esters is 2. The van der Waals surface area contributed by atoms with Crippen molar-refractivity contribution in [1.29, 1.82) is 0 Å². The number of carbonyl (C=O) groups is 3. The molecule has 0 spiro atoms. The molecule has 80 heavy (non-hydrogen) atoms. The molecule has 0 bridgehead atoms. The fourth-order valence-electron chi connectivity index (χ4n) is 16.2. The van der Waals surface area contributed by atoms with E-state index < -0.39 is 193 Å². The van der Waals surface area contributed by atoms with Gasteiger partial charge in [-0.05, 0) is 100 Å². The molecule has 8 rings (SSSR count). The quantitative estimate of drug-likeness (QED) is 0.0480. The molecule has 0 amide bonds. The highest BCUT2D eigenvalue weighted by Gasteiger charge is 2.76. The summed E-state index contributed by atoms with van der Waals surface area (Å²) in [5, 5.41) is 134. The van der Waals surface area contributed by atoms with Crippen molar-refractivity contribution in [2.45, 2.75) is 231 Å². The van der Waals surface area contributed by atoms with Crippen molar-refractivity contribution < 1.29 is 114 Å². The first kappa shape index (κ1) is 63.0. The first-order valence-electron chi connectivity index (χ1n) is 28.1. The summed E-state index contributed by atoms with van der Waals surface area (Å²) < 4.78 is 49.0. The lowest BCUT2D eigenvalue weighted by molar-refractivity contribution is -0.386. The van der Waals surface area contributed by atoms with Crippen molar-refractivity contribution in [2.75, 3.05) is 19.8 Å². The second-order valence-electron chi connectivity index (χ2n) is 26.0. The Hall–Kier alpha value is -3.05. The monoisotopic (exact) mass is 1140 g/mol. The molecule has 7 fully saturated rings. The molecule has 3 saturated heterocycles. The van der Waals surface area contributed by atoms with E-state index in [4.69, 9.17) is 37.9 Å². The maximum atomic E-state index is 13.9. The number of aliphatic hydroxyl groups is 11. The van der Waals surface area contributed by atoms with Gasteiger partial charge in [-0.3, -0.25) is 0 Å². The van der Waals surface area contributed by atoms with Crippen molar-refractivity contribution >= 4 is 17.9 Å². The lowest BCUT2D eigenvalue weighted by atomic mass is 9.32. The maximum absolute atomic E-state index is 13.9. The Kier molecular flexibility index (Phi) is 17.9. The number of allylic oxidation sites excluding steroid dienone is 3. The summed E-state index contributed by atoms with van der Waals surface area (Å²) >= 11 is 0. The van der Waals surface area contributed by atoms with Gasteiger partial charge in [0.05, 0.1) is 43.5 Å². The number of carbonyl (C=O) groups excluding carboxylic acids is 2. The minimum Gasteiger partial charge on any atom is -0.479 e. The third-order valence-corrected chi connectivity index (χ3v) is 21.4. The lowest BCUT2D eigenvalue weighted by Gasteiger charge is -2.73. The Morgan fingerprint density at radius 1 is 0.637 bits per heavy atom. The summed E-state index contributed by atoms with van der Waals surface area (Å²) in [5.74, 6) is -4.01. The van der Waals surface area contributed by atoms with Crippen molar-refractivity contribution in [1.82, 2.24) is 0 Å². The van der Waals surface area contributed by atoms with Crippen LogP contribution in [0.3, 0.4) is 0 Å². The number of ether oxygens (including phenoxy) is 8.